The number of halogens is 3. The van der Waals surface area contributed by atoms with Crippen LogP contribution in [0.3, 0.4) is 0 Å². The first-order chi connectivity index (χ1) is 3.23. The first kappa shape index (κ1) is 8.27. The van der Waals surface area contributed by atoms with Gasteiger partial charge in [-0.3, -0.25) is 6.08 Å². The summed E-state index contributed by atoms with van der Waals surface area (Å²) in [7, 11) is 14.8. The summed E-state index contributed by atoms with van der Waals surface area (Å²) in [5, 5.41) is 0. The fourth-order valence-electron chi connectivity index (χ4n) is 0. The van der Waals surface area contributed by atoms with Crippen molar-refractivity contribution in [3.8, 4) is 0 Å². The molecule has 1 aliphatic carbocycles. The molecule has 4 heteroatoms. The van der Waals surface area contributed by atoms with Crippen LogP contribution in [0.4, 0.5) is 0 Å². The maximum atomic E-state index is 4.92. The molecule has 0 unspecified atom stereocenters. The van der Waals surface area contributed by atoms with Gasteiger partial charge in [-0.05, 0) is 0 Å². The Labute approximate surface area is 60.7 Å². The molecule has 0 N–H and O–H groups in total. The van der Waals surface area contributed by atoms with Crippen molar-refractivity contribution in [1.29, 1.82) is 0 Å². The quantitative estimate of drug-likeness (QED) is 0.459. The molecule has 0 atom stereocenters. The normalized spacial score (nSPS) is 14.4. The summed E-state index contributed by atoms with van der Waals surface area (Å²) in [4.78, 5) is 0. The number of hydrogen-bond acceptors (Lipinski definition) is 0. The number of rotatable bonds is 0. The third-order valence-corrected chi connectivity index (χ3v) is 0.204. The van der Waals surface area contributed by atoms with Gasteiger partial charge in [0.1, 0.15) is 0 Å². The molecule has 1 rings (SSSR count). The maximum absolute atomic E-state index is 4.92. The molecule has 0 saturated carbocycles. The SMILES string of the molecule is [C-]1=CC1.[Cl][Pd]([Cl])[Cl]. The topological polar surface area (TPSA) is 0 Å². The molecule has 0 saturated heterocycles. The Kier molecular flexibility index (Phi) is 6.39. The fraction of sp³-hybridized carbons (Fsp3) is 0.333. The first-order valence-electron chi connectivity index (χ1n) is 1.41. The summed E-state index contributed by atoms with van der Waals surface area (Å²) in [6.45, 7) is 0. The number of allylic oxidation sites excluding steroid dienone is 2. The summed E-state index contributed by atoms with van der Waals surface area (Å²) in [6, 6.07) is 0. The van der Waals surface area contributed by atoms with Gasteiger partial charge in [0.2, 0.25) is 0 Å². The molecule has 0 aromatic heterocycles. The van der Waals surface area contributed by atoms with Crippen molar-refractivity contribution in [3.63, 3.8) is 0 Å². The van der Waals surface area contributed by atoms with Crippen LogP contribution in [-0.4, -0.2) is 0 Å². The van der Waals surface area contributed by atoms with E-state index in [-0.39, 0.29) is 0 Å². The van der Waals surface area contributed by atoms with Crippen LogP contribution in [0.25, 0.3) is 0 Å². The predicted octanol–water partition coefficient (Wildman–Crippen LogP) is 2.82. The van der Waals surface area contributed by atoms with Gasteiger partial charge in [-0.2, -0.15) is 0 Å². The Balaban J connectivity index is 0.000000105. The Morgan fingerprint density at radius 3 is 1.57 bits per heavy atom. The fourth-order valence-corrected chi connectivity index (χ4v) is 0. The molecule has 0 aliphatic heterocycles. The van der Waals surface area contributed by atoms with Crippen LogP contribution in [0.2, 0.25) is 0 Å². The summed E-state index contributed by atoms with van der Waals surface area (Å²) in [5.41, 5.74) is 0. The minimum absolute atomic E-state index is 1.12. The zero-order valence-electron chi connectivity index (χ0n) is 3.23. The first-order valence-corrected chi connectivity index (χ1v) is 7.41. The van der Waals surface area contributed by atoms with Gasteiger partial charge in [-0.15, -0.1) is 0 Å². The molecule has 0 bridgehead atoms. The van der Waals surface area contributed by atoms with E-state index in [1.54, 1.807) is 0 Å². The molecular formula is C3H3Cl3Pd-. The van der Waals surface area contributed by atoms with Gasteiger partial charge in [0, 0.05) is 0 Å². The van der Waals surface area contributed by atoms with Gasteiger partial charge in [-0.1, -0.05) is 0 Å². The standard InChI is InChI=1S/C3H3.3ClH.Pd/c1-2-3-1;;;;/h1H,2H2;3*1H;/q-1;;;;+3/p-3. The van der Waals surface area contributed by atoms with E-state index in [1.165, 1.54) is 0 Å². The van der Waals surface area contributed by atoms with Crippen molar-refractivity contribution in [1.82, 2.24) is 0 Å². The molecule has 1 aliphatic rings. The van der Waals surface area contributed by atoms with Crippen LogP contribution >= 0.6 is 28.6 Å². The Bertz CT molecular complexity index is 54.4. The van der Waals surface area contributed by atoms with E-state index in [2.05, 4.69) is 6.08 Å². The average Bonchev–Trinajstić information content (AvgIpc) is 2.02. The van der Waals surface area contributed by atoms with Crippen LogP contribution in [0, 0.1) is 6.08 Å². The van der Waals surface area contributed by atoms with E-state index in [0.29, 0.717) is 0 Å². The van der Waals surface area contributed by atoms with Crippen molar-refractivity contribution in [2.24, 2.45) is 0 Å². The minimum atomic E-state index is -1.57. The van der Waals surface area contributed by atoms with Crippen LogP contribution < -0.4 is 0 Å². The van der Waals surface area contributed by atoms with E-state index in [0.717, 1.165) is 6.42 Å². The van der Waals surface area contributed by atoms with Gasteiger partial charge in [-0.25, -0.2) is 6.42 Å². The Hall–Kier alpha value is 1.27. The second-order valence-corrected chi connectivity index (χ2v) is 7.83. The molecule has 0 aromatic carbocycles. The van der Waals surface area contributed by atoms with E-state index in [4.69, 9.17) is 28.6 Å². The zero-order chi connectivity index (χ0) is 5.70. The van der Waals surface area contributed by atoms with Gasteiger partial charge in [0.05, 0.1) is 0 Å². The molecule has 0 amide bonds. The molecule has 0 nitrogen and oxygen atoms in total. The zero-order valence-corrected chi connectivity index (χ0v) is 7.06. The second kappa shape index (κ2) is 5.41. The predicted molar refractivity (Wildman–Crippen MR) is 30.0 cm³/mol. The monoisotopic (exact) mass is 250 g/mol. The van der Waals surface area contributed by atoms with Crippen LogP contribution in [-0.2, 0) is 13.7 Å². The molecule has 0 radical (unpaired) electrons. The van der Waals surface area contributed by atoms with Crippen molar-refractivity contribution in [2.45, 2.75) is 6.42 Å². The van der Waals surface area contributed by atoms with Gasteiger partial charge >= 0.3 is 42.3 Å². The Morgan fingerprint density at radius 1 is 1.43 bits per heavy atom. The van der Waals surface area contributed by atoms with Crippen molar-refractivity contribution in [3.05, 3.63) is 12.2 Å². The van der Waals surface area contributed by atoms with E-state index in [1.807, 2.05) is 6.08 Å². The molecular weight excluding hydrogens is 249 g/mol. The third-order valence-electron chi connectivity index (χ3n) is 0.204. The number of hydrogen-bond donors (Lipinski definition) is 0. The summed E-state index contributed by atoms with van der Waals surface area (Å²) >= 11 is -1.57. The Morgan fingerprint density at radius 2 is 1.57 bits per heavy atom. The van der Waals surface area contributed by atoms with E-state index < -0.39 is 13.7 Å². The van der Waals surface area contributed by atoms with Crippen LogP contribution in [0.1, 0.15) is 6.42 Å². The van der Waals surface area contributed by atoms with Crippen molar-refractivity contribution in [2.75, 3.05) is 0 Å². The molecule has 0 spiro atoms. The van der Waals surface area contributed by atoms with Crippen molar-refractivity contribution < 1.29 is 13.7 Å². The van der Waals surface area contributed by atoms with E-state index in [9.17, 15) is 0 Å². The van der Waals surface area contributed by atoms with Crippen LogP contribution in [0.5, 0.6) is 0 Å². The average molecular weight is 252 g/mol. The van der Waals surface area contributed by atoms with Gasteiger partial charge in [0.15, 0.2) is 0 Å². The van der Waals surface area contributed by atoms with E-state index >= 15 is 0 Å². The molecule has 0 aromatic rings. The van der Waals surface area contributed by atoms with Gasteiger partial charge < -0.3 is 6.08 Å². The van der Waals surface area contributed by atoms with Crippen molar-refractivity contribution >= 4 is 28.6 Å². The molecule has 0 fully saturated rings. The van der Waals surface area contributed by atoms with Crippen LogP contribution in [0.15, 0.2) is 6.08 Å². The third kappa shape index (κ3) is 39.2. The summed E-state index contributed by atoms with van der Waals surface area (Å²) in [6.07, 6.45) is 6.00. The van der Waals surface area contributed by atoms with Gasteiger partial charge in [0.25, 0.3) is 0 Å². The summed E-state index contributed by atoms with van der Waals surface area (Å²) in [5.74, 6) is 0. The summed E-state index contributed by atoms with van der Waals surface area (Å²) < 4.78 is 0. The second-order valence-electron chi connectivity index (χ2n) is 0.748. The molecule has 0 heterocycles. The molecule has 7 heavy (non-hydrogen) atoms. The molecule has 47 valence electrons.